The summed E-state index contributed by atoms with van der Waals surface area (Å²) in [5.41, 5.74) is 5.94. The second kappa shape index (κ2) is 4.38. The quantitative estimate of drug-likeness (QED) is 0.811. The normalized spacial score (nSPS) is 29.5. The minimum absolute atomic E-state index is 0.282. The van der Waals surface area contributed by atoms with Gasteiger partial charge in [-0.3, -0.25) is 0 Å². The number of rotatable bonds is 3. The standard InChI is InChI=1S/C12H21N5/c1-8(14-10-5-4-9(13)7-10)12-16-15-11-3-2-6-17(11)12/h8-10,14H,2-7,13H2,1H3. The topological polar surface area (TPSA) is 68.8 Å². The smallest absolute Gasteiger partial charge is 0.149 e. The van der Waals surface area contributed by atoms with Gasteiger partial charge in [0.05, 0.1) is 6.04 Å². The molecular formula is C12H21N5. The van der Waals surface area contributed by atoms with Gasteiger partial charge >= 0.3 is 0 Å². The van der Waals surface area contributed by atoms with E-state index in [0.29, 0.717) is 12.1 Å². The Bertz CT molecular complexity index is 400. The van der Waals surface area contributed by atoms with E-state index < -0.39 is 0 Å². The molecule has 3 rings (SSSR count). The average Bonchev–Trinajstić information content (AvgIpc) is 2.93. The summed E-state index contributed by atoms with van der Waals surface area (Å²) >= 11 is 0. The molecule has 0 aromatic carbocycles. The van der Waals surface area contributed by atoms with Gasteiger partial charge in [0.1, 0.15) is 11.6 Å². The van der Waals surface area contributed by atoms with Gasteiger partial charge < -0.3 is 15.6 Å². The van der Waals surface area contributed by atoms with E-state index in [1.54, 1.807) is 0 Å². The highest BCUT2D eigenvalue weighted by molar-refractivity contribution is 5.04. The number of hydrogen-bond acceptors (Lipinski definition) is 4. The third-order valence-electron chi connectivity index (χ3n) is 3.98. The lowest BCUT2D eigenvalue weighted by atomic mass is 10.2. The Kier molecular flexibility index (Phi) is 2.88. The Morgan fingerprint density at radius 2 is 2.29 bits per heavy atom. The van der Waals surface area contributed by atoms with Crippen molar-refractivity contribution in [3.63, 3.8) is 0 Å². The Morgan fingerprint density at radius 3 is 3.06 bits per heavy atom. The van der Waals surface area contributed by atoms with Crippen molar-refractivity contribution in [2.24, 2.45) is 5.73 Å². The second-order valence-electron chi connectivity index (χ2n) is 5.39. The van der Waals surface area contributed by atoms with Crippen molar-refractivity contribution in [3.05, 3.63) is 11.6 Å². The SMILES string of the molecule is CC(NC1CCC(N)C1)c1nnc2n1CCC2. The van der Waals surface area contributed by atoms with Crippen molar-refractivity contribution in [2.45, 2.75) is 63.7 Å². The van der Waals surface area contributed by atoms with Crippen molar-refractivity contribution in [3.8, 4) is 0 Å². The van der Waals surface area contributed by atoms with Crippen LogP contribution in [0.5, 0.6) is 0 Å². The number of aromatic nitrogens is 3. The summed E-state index contributed by atoms with van der Waals surface area (Å²) in [5.74, 6) is 2.25. The van der Waals surface area contributed by atoms with Gasteiger partial charge in [0.15, 0.2) is 0 Å². The Balaban J connectivity index is 1.67. The second-order valence-corrected chi connectivity index (χ2v) is 5.39. The number of fused-ring (bicyclic) bond motifs is 1. The summed E-state index contributed by atoms with van der Waals surface area (Å²) in [6, 6.07) is 1.21. The highest BCUT2D eigenvalue weighted by atomic mass is 15.3. The first-order valence-corrected chi connectivity index (χ1v) is 6.67. The predicted octanol–water partition coefficient (Wildman–Crippen LogP) is 0.755. The molecule has 5 heteroatoms. The lowest BCUT2D eigenvalue weighted by Gasteiger charge is -2.19. The van der Waals surface area contributed by atoms with E-state index in [2.05, 4.69) is 27.0 Å². The lowest BCUT2D eigenvalue weighted by molar-refractivity contribution is 0.431. The van der Waals surface area contributed by atoms with Gasteiger partial charge in [-0.2, -0.15) is 0 Å². The minimum Gasteiger partial charge on any atom is -0.328 e. The number of nitrogens with two attached hydrogens (primary N) is 1. The van der Waals surface area contributed by atoms with Crippen molar-refractivity contribution in [2.75, 3.05) is 0 Å². The molecular weight excluding hydrogens is 214 g/mol. The summed E-state index contributed by atoms with van der Waals surface area (Å²) in [4.78, 5) is 0. The molecule has 0 spiro atoms. The molecule has 1 aliphatic heterocycles. The van der Waals surface area contributed by atoms with E-state index in [1.807, 2.05) is 0 Å². The zero-order chi connectivity index (χ0) is 11.8. The summed E-state index contributed by atoms with van der Waals surface area (Å²) in [5, 5.41) is 12.2. The summed E-state index contributed by atoms with van der Waals surface area (Å²) in [6.45, 7) is 3.26. The molecule has 17 heavy (non-hydrogen) atoms. The van der Waals surface area contributed by atoms with Gasteiger partial charge in [0.2, 0.25) is 0 Å². The van der Waals surface area contributed by atoms with Crippen LogP contribution >= 0.6 is 0 Å². The summed E-state index contributed by atoms with van der Waals surface area (Å²) < 4.78 is 2.27. The van der Waals surface area contributed by atoms with Crippen LogP contribution in [0.2, 0.25) is 0 Å². The van der Waals surface area contributed by atoms with Crippen molar-refractivity contribution >= 4 is 0 Å². The van der Waals surface area contributed by atoms with Crippen LogP contribution < -0.4 is 11.1 Å². The largest absolute Gasteiger partial charge is 0.328 e. The molecule has 3 N–H and O–H groups in total. The predicted molar refractivity (Wildman–Crippen MR) is 65.5 cm³/mol. The molecule has 1 fully saturated rings. The highest BCUT2D eigenvalue weighted by Crippen LogP contribution is 2.23. The van der Waals surface area contributed by atoms with E-state index >= 15 is 0 Å². The van der Waals surface area contributed by atoms with Crippen LogP contribution in [-0.4, -0.2) is 26.8 Å². The molecule has 94 valence electrons. The molecule has 0 radical (unpaired) electrons. The van der Waals surface area contributed by atoms with Crippen LogP contribution in [0, 0.1) is 0 Å². The first-order chi connectivity index (χ1) is 8.24. The highest BCUT2D eigenvalue weighted by Gasteiger charge is 2.26. The van der Waals surface area contributed by atoms with Crippen molar-refractivity contribution in [1.29, 1.82) is 0 Å². The number of nitrogens with one attached hydrogen (secondary N) is 1. The van der Waals surface area contributed by atoms with Crippen LogP contribution in [0.4, 0.5) is 0 Å². The first kappa shape index (κ1) is 11.2. The molecule has 3 atom stereocenters. The first-order valence-electron chi connectivity index (χ1n) is 6.67. The Hall–Kier alpha value is -0.940. The van der Waals surface area contributed by atoms with Gasteiger partial charge in [-0.05, 0) is 32.6 Å². The summed E-state index contributed by atoms with van der Waals surface area (Å²) in [6.07, 6.45) is 5.70. The van der Waals surface area contributed by atoms with E-state index in [4.69, 9.17) is 5.73 Å². The molecule has 0 amide bonds. The van der Waals surface area contributed by atoms with E-state index in [0.717, 1.165) is 37.5 Å². The lowest BCUT2D eigenvalue weighted by Crippen LogP contribution is -2.32. The molecule has 2 heterocycles. The Labute approximate surface area is 102 Å². The van der Waals surface area contributed by atoms with Gasteiger partial charge in [-0.15, -0.1) is 10.2 Å². The zero-order valence-electron chi connectivity index (χ0n) is 10.4. The maximum atomic E-state index is 5.94. The maximum Gasteiger partial charge on any atom is 0.149 e. The summed E-state index contributed by atoms with van der Waals surface area (Å²) in [7, 11) is 0. The molecule has 1 aliphatic carbocycles. The molecule has 0 bridgehead atoms. The van der Waals surface area contributed by atoms with E-state index in [-0.39, 0.29) is 6.04 Å². The van der Waals surface area contributed by atoms with Crippen LogP contribution in [0.25, 0.3) is 0 Å². The minimum atomic E-state index is 0.282. The van der Waals surface area contributed by atoms with Crippen molar-refractivity contribution in [1.82, 2.24) is 20.1 Å². The number of aryl methyl sites for hydroxylation is 1. The zero-order valence-corrected chi connectivity index (χ0v) is 10.4. The van der Waals surface area contributed by atoms with Gasteiger partial charge in [0, 0.05) is 25.0 Å². The fourth-order valence-electron chi connectivity index (χ4n) is 3.09. The third-order valence-corrected chi connectivity index (χ3v) is 3.98. The number of nitrogens with zero attached hydrogens (tertiary/aromatic N) is 3. The molecule has 0 saturated heterocycles. The van der Waals surface area contributed by atoms with Gasteiger partial charge in [0.25, 0.3) is 0 Å². The monoisotopic (exact) mass is 235 g/mol. The average molecular weight is 235 g/mol. The van der Waals surface area contributed by atoms with E-state index in [9.17, 15) is 0 Å². The van der Waals surface area contributed by atoms with Crippen LogP contribution in [0.1, 0.15) is 50.3 Å². The van der Waals surface area contributed by atoms with Crippen LogP contribution in [0.3, 0.4) is 0 Å². The van der Waals surface area contributed by atoms with Gasteiger partial charge in [-0.25, -0.2) is 0 Å². The van der Waals surface area contributed by atoms with Crippen LogP contribution in [0.15, 0.2) is 0 Å². The molecule has 1 saturated carbocycles. The third kappa shape index (κ3) is 2.09. The fraction of sp³-hybridized carbons (Fsp3) is 0.833. The van der Waals surface area contributed by atoms with Gasteiger partial charge in [-0.1, -0.05) is 0 Å². The molecule has 2 aliphatic rings. The Morgan fingerprint density at radius 1 is 1.41 bits per heavy atom. The maximum absolute atomic E-state index is 5.94. The van der Waals surface area contributed by atoms with E-state index in [1.165, 1.54) is 12.8 Å². The number of hydrogen-bond donors (Lipinski definition) is 2. The molecule has 1 aromatic heterocycles. The van der Waals surface area contributed by atoms with Crippen molar-refractivity contribution < 1.29 is 0 Å². The molecule has 5 nitrogen and oxygen atoms in total. The fourth-order valence-corrected chi connectivity index (χ4v) is 3.09. The molecule has 1 aromatic rings. The molecule has 3 unspecified atom stereocenters. The van der Waals surface area contributed by atoms with Crippen LogP contribution in [-0.2, 0) is 13.0 Å².